The molecule has 0 aliphatic rings. The van der Waals surface area contributed by atoms with Crippen LogP contribution in [0.2, 0.25) is 0 Å². The molecule has 20 heavy (non-hydrogen) atoms. The standard InChI is InChI=1S/C12H11BrN4O3/c1-14-8-2-3-15-9(4-8)6-16-7-10(17(19)20)5-11(13)12(16)18/h2-5,7H,6H2,1H3,(H,14,15). The van der Waals surface area contributed by atoms with Gasteiger partial charge >= 0.3 is 0 Å². The van der Waals surface area contributed by atoms with Crippen molar-refractivity contribution in [3.05, 3.63) is 61.2 Å². The van der Waals surface area contributed by atoms with Crippen molar-refractivity contribution in [3.63, 3.8) is 0 Å². The van der Waals surface area contributed by atoms with Gasteiger partial charge in [0.2, 0.25) is 0 Å². The van der Waals surface area contributed by atoms with Crippen LogP contribution in [0.4, 0.5) is 11.4 Å². The van der Waals surface area contributed by atoms with E-state index in [2.05, 4.69) is 26.2 Å². The second kappa shape index (κ2) is 5.83. The smallest absolute Gasteiger partial charge is 0.286 e. The molecule has 0 unspecified atom stereocenters. The molecule has 8 heteroatoms. The Morgan fingerprint density at radius 3 is 2.90 bits per heavy atom. The molecule has 0 saturated heterocycles. The number of halogens is 1. The lowest BCUT2D eigenvalue weighted by Crippen LogP contribution is -2.21. The van der Waals surface area contributed by atoms with Crippen LogP contribution in [0.1, 0.15) is 5.69 Å². The minimum Gasteiger partial charge on any atom is -0.388 e. The fourth-order valence-electron chi connectivity index (χ4n) is 1.70. The number of anilines is 1. The largest absolute Gasteiger partial charge is 0.388 e. The van der Waals surface area contributed by atoms with Crippen molar-refractivity contribution in [1.29, 1.82) is 0 Å². The zero-order valence-corrected chi connectivity index (χ0v) is 12.1. The number of aromatic nitrogens is 2. The monoisotopic (exact) mass is 338 g/mol. The van der Waals surface area contributed by atoms with Gasteiger partial charge in [0.1, 0.15) is 0 Å². The Morgan fingerprint density at radius 2 is 2.25 bits per heavy atom. The van der Waals surface area contributed by atoms with Crippen molar-refractivity contribution >= 4 is 27.3 Å². The molecule has 0 aliphatic heterocycles. The lowest BCUT2D eigenvalue weighted by atomic mass is 10.3. The van der Waals surface area contributed by atoms with Crippen LogP contribution >= 0.6 is 15.9 Å². The van der Waals surface area contributed by atoms with Crippen LogP contribution in [0, 0.1) is 10.1 Å². The van der Waals surface area contributed by atoms with Crippen LogP contribution in [-0.2, 0) is 6.54 Å². The van der Waals surface area contributed by atoms with E-state index in [4.69, 9.17) is 0 Å². The molecule has 0 fully saturated rings. The lowest BCUT2D eigenvalue weighted by Gasteiger charge is -2.07. The first-order chi connectivity index (χ1) is 9.51. The number of nitrogens with one attached hydrogen (secondary N) is 1. The zero-order valence-electron chi connectivity index (χ0n) is 10.5. The Kier molecular flexibility index (Phi) is 4.14. The number of nitro groups is 1. The minimum absolute atomic E-state index is 0.150. The van der Waals surface area contributed by atoms with E-state index in [1.807, 2.05) is 0 Å². The Labute approximate surface area is 122 Å². The number of hydrogen-bond acceptors (Lipinski definition) is 5. The SMILES string of the molecule is CNc1ccnc(Cn2cc([N+](=O)[O-])cc(Br)c2=O)c1. The number of nitrogens with zero attached hydrogens (tertiary/aromatic N) is 3. The van der Waals surface area contributed by atoms with E-state index in [1.54, 1.807) is 25.4 Å². The molecule has 2 aromatic heterocycles. The van der Waals surface area contributed by atoms with Gasteiger partial charge < -0.3 is 9.88 Å². The molecule has 0 saturated carbocycles. The summed E-state index contributed by atoms with van der Waals surface area (Å²) in [5, 5.41) is 13.8. The van der Waals surface area contributed by atoms with Crippen LogP contribution in [0.5, 0.6) is 0 Å². The molecule has 0 bridgehead atoms. The lowest BCUT2D eigenvalue weighted by molar-refractivity contribution is -0.385. The third-order valence-corrected chi connectivity index (χ3v) is 3.24. The zero-order chi connectivity index (χ0) is 14.7. The van der Waals surface area contributed by atoms with Crippen molar-refractivity contribution in [2.45, 2.75) is 6.54 Å². The van der Waals surface area contributed by atoms with E-state index in [1.165, 1.54) is 16.8 Å². The fourth-order valence-corrected chi connectivity index (χ4v) is 2.16. The van der Waals surface area contributed by atoms with E-state index in [-0.39, 0.29) is 22.3 Å². The Balaban J connectivity index is 2.42. The third kappa shape index (κ3) is 3.02. The summed E-state index contributed by atoms with van der Waals surface area (Å²) in [7, 11) is 1.77. The predicted octanol–water partition coefficient (Wildman–Crippen LogP) is 2.00. The van der Waals surface area contributed by atoms with E-state index >= 15 is 0 Å². The molecule has 104 valence electrons. The van der Waals surface area contributed by atoms with Crippen LogP contribution in [0.3, 0.4) is 0 Å². The van der Waals surface area contributed by atoms with Crippen molar-refractivity contribution in [2.24, 2.45) is 0 Å². The van der Waals surface area contributed by atoms with Gasteiger partial charge in [-0.15, -0.1) is 0 Å². The first-order valence-electron chi connectivity index (χ1n) is 5.68. The number of pyridine rings is 2. The molecule has 2 aromatic rings. The summed E-state index contributed by atoms with van der Waals surface area (Å²) in [4.78, 5) is 26.4. The molecule has 0 amide bonds. The Bertz CT molecular complexity index is 714. The topological polar surface area (TPSA) is 90.1 Å². The fraction of sp³-hybridized carbons (Fsp3) is 0.167. The highest BCUT2D eigenvalue weighted by Gasteiger charge is 2.12. The molecule has 0 aromatic carbocycles. The molecule has 1 N–H and O–H groups in total. The summed E-state index contributed by atoms with van der Waals surface area (Å²) in [6.45, 7) is 0.161. The van der Waals surface area contributed by atoms with Gasteiger partial charge in [0, 0.05) is 25.0 Å². The maximum Gasteiger partial charge on any atom is 0.286 e. The second-order valence-corrected chi connectivity index (χ2v) is 4.88. The first kappa shape index (κ1) is 14.2. The maximum absolute atomic E-state index is 12.0. The van der Waals surface area contributed by atoms with E-state index < -0.39 is 4.92 Å². The Morgan fingerprint density at radius 1 is 1.50 bits per heavy atom. The Hall–Kier alpha value is -2.22. The quantitative estimate of drug-likeness (QED) is 0.680. The number of rotatable bonds is 4. The maximum atomic E-state index is 12.0. The summed E-state index contributed by atoms with van der Waals surface area (Å²) in [6.07, 6.45) is 2.82. The molecule has 0 aliphatic carbocycles. The predicted molar refractivity (Wildman–Crippen MR) is 77.9 cm³/mol. The van der Waals surface area contributed by atoms with Crippen molar-refractivity contribution in [3.8, 4) is 0 Å². The summed E-state index contributed by atoms with van der Waals surface area (Å²) in [6, 6.07) is 4.76. The molecule has 2 heterocycles. The van der Waals surface area contributed by atoms with Crippen LogP contribution in [0.15, 0.2) is 39.9 Å². The first-order valence-corrected chi connectivity index (χ1v) is 6.47. The van der Waals surface area contributed by atoms with Crippen LogP contribution in [0.25, 0.3) is 0 Å². The average molecular weight is 339 g/mol. The third-order valence-electron chi connectivity index (χ3n) is 2.68. The summed E-state index contributed by atoms with van der Waals surface area (Å²) >= 11 is 3.04. The van der Waals surface area contributed by atoms with E-state index in [9.17, 15) is 14.9 Å². The van der Waals surface area contributed by atoms with Crippen molar-refractivity contribution in [2.75, 3.05) is 12.4 Å². The summed E-state index contributed by atoms with van der Waals surface area (Å²) in [5.41, 5.74) is 0.993. The number of hydrogen-bond donors (Lipinski definition) is 1. The molecule has 0 radical (unpaired) electrons. The summed E-state index contributed by atoms with van der Waals surface area (Å²) < 4.78 is 1.40. The highest BCUT2D eigenvalue weighted by molar-refractivity contribution is 9.10. The molecule has 0 atom stereocenters. The van der Waals surface area contributed by atoms with Crippen molar-refractivity contribution in [1.82, 2.24) is 9.55 Å². The van der Waals surface area contributed by atoms with Gasteiger partial charge in [-0.05, 0) is 28.1 Å². The van der Waals surface area contributed by atoms with E-state index in [0.717, 1.165) is 5.69 Å². The van der Waals surface area contributed by atoms with Gasteiger partial charge in [0.15, 0.2) is 0 Å². The van der Waals surface area contributed by atoms with Gasteiger partial charge in [-0.1, -0.05) is 0 Å². The van der Waals surface area contributed by atoms with Crippen LogP contribution in [-0.4, -0.2) is 21.5 Å². The van der Waals surface area contributed by atoms with Gasteiger partial charge in [-0.25, -0.2) is 0 Å². The van der Waals surface area contributed by atoms with Crippen LogP contribution < -0.4 is 10.9 Å². The molecular formula is C12H11BrN4O3. The van der Waals surface area contributed by atoms with Gasteiger partial charge in [0.25, 0.3) is 11.2 Å². The highest BCUT2D eigenvalue weighted by atomic mass is 79.9. The summed E-state index contributed by atoms with van der Waals surface area (Å²) in [5.74, 6) is 0. The molecule has 7 nitrogen and oxygen atoms in total. The van der Waals surface area contributed by atoms with Gasteiger partial charge in [-0.2, -0.15) is 0 Å². The molecular weight excluding hydrogens is 328 g/mol. The highest BCUT2D eigenvalue weighted by Crippen LogP contribution is 2.15. The van der Waals surface area contributed by atoms with Gasteiger partial charge in [0.05, 0.1) is 27.8 Å². The second-order valence-electron chi connectivity index (χ2n) is 4.02. The minimum atomic E-state index is -0.544. The van der Waals surface area contributed by atoms with E-state index in [0.29, 0.717) is 5.69 Å². The molecule has 0 spiro atoms. The van der Waals surface area contributed by atoms with Crippen molar-refractivity contribution < 1.29 is 4.92 Å². The normalized spacial score (nSPS) is 10.3. The average Bonchev–Trinajstić information content (AvgIpc) is 2.43. The van der Waals surface area contributed by atoms with Gasteiger partial charge in [-0.3, -0.25) is 19.9 Å². The molecule has 2 rings (SSSR count).